The van der Waals surface area contributed by atoms with E-state index in [9.17, 15) is 0 Å². The Morgan fingerprint density at radius 2 is 1.68 bits per heavy atom. The van der Waals surface area contributed by atoms with Crippen LogP contribution in [0.25, 0.3) is 0 Å². The van der Waals surface area contributed by atoms with Crippen LogP contribution in [0.2, 0.25) is 0 Å². The van der Waals surface area contributed by atoms with E-state index in [2.05, 4.69) is 32.9 Å². The van der Waals surface area contributed by atoms with Crippen LogP contribution in [0.3, 0.4) is 0 Å². The highest BCUT2D eigenvalue weighted by molar-refractivity contribution is 7.80. The van der Waals surface area contributed by atoms with E-state index in [0.717, 1.165) is 29.0 Å². The number of rotatable bonds is 7. The van der Waals surface area contributed by atoms with Gasteiger partial charge in [0.1, 0.15) is 23.9 Å². The molecule has 0 unspecified atom stereocenters. The Morgan fingerprint density at radius 1 is 0.960 bits per heavy atom. The lowest BCUT2D eigenvalue weighted by atomic mass is 10.0. The summed E-state index contributed by atoms with van der Waals surface area (Å²) in [5.41, 5.74) is 4.59. The van der Waals surface area contributed by atoms with Crippen molar-refractivity contribution in [1.82, 2.24) is 0 Å². The van der Waals surface area contributed by atoms with Crippen molar-refractivity contribution < 1.29 is 14.2 Å². The average Bonchev–Trinajstić information content (AvgIpc) is 2.56. The van der Waals surface area contributed by atoms with Crippen LogP contribution in [-0.4, -0.2) is 11.7 Å². The highest BCUT2D eigenvalue weighted by Crippen LogP contribution is 2.31. The Bertz CT molecular complexity index is 753. The number of hydrogen-bond donors (Lipinski definition) is 0. The minimum Gasteiger partial charge on any atom is -0.493 e. The summed E-state index contributed by atoms with van der Waals surface area (Å²) < 4.78 is 17.5. The summed E-state index contributed by atoms with van der Waals surface area (Å²) >= 11 is 5.08. The monoisotopic (exact) mass is 358 g/mol. The van der Waals surface area contributed by atoms with Crippen molar-refractivity contribution in [3.63, 3.8) is 0 Å². The molecule has 2 rings (SSSR count). The molecule has 0 aromatic heterocycles. The SMILES string of the molecule is CCOc1cccc(OC(C)=S)c1COc1cc(C)c(CC)cc1C. The van der Waals surface area contributed by atoms with Crippen molar-refractivity contribution in [2.24, 2.45) is 0 Å². The molecule has 134 valence electrons. The maximum atomic E-state index is 6.11. The second-order valence-corrected chi connectivity index (χ2v) is 6.52. The van der Waals surface area contributed by atoms with Gasteiger partial charge in [0, 0.05) is 6.92 Å². The average molecular weight is 359 g/mol. The molecule has 0 fully saturated rings. The molecular weight excluding hydrogens is 332 g/mol. The van der Waals surface area contributed by atoms with Crippen molar-refractivity contribution >= 4 is 17.3 Å². The molecule has 0 saturated carbocycles. The van der Waals surface area contributed by atoms with Crippen molar-refractivity contribution in [2.45, 2.75) is 47.6 Å². The van der Waals surface area contributed by atoms with Crippen LogP contribution in [0, 0.1) is 13.8 Å². The lowest BCUT2D eigenvalue weighted by Crippen LogP contribution is -2.07. The molecule has 0 saturated heterocycles. The number of benzene rings is 2. The van der Waals surface area contributed by atoms with Gasteiger partial charge in [0.2, 0.25) is 0 Å². The maximum Gasteiger partial charge on any atom is 0.164 e. The van der Waals surface area contributed by atoms with E-state index in [1.165, 1.54) is 11.1 Å². The van der Waals surface area contributed by atoms with E-state index in [0.29, 0.717) is 24.0 Å². The summed E-state index contributed by atoms with van der Waals surface area (Å²) in [6, 6.07) is 10.00. The van der Waals surface area contributed by atoms with Crippen LogP contribution in [-0.2, 0) is 13.0 Å². The lowest BCUT2D eigenvalue weighted by Gasteiger charge is -2.17. The highest BCUT2D eigenvalue weighted by Gasteiger charge is 2.14. The summed E-state index contributed by atoms with van der Waals surface area (Å²) in [7, 11) is 0. The molecule has 0 radical (unpaired) electrons. The Labute approximate surface area is 155 Å². The first-order valence-corrected chi connectivity index (χ1v) is 9.03. The lowest BCUT2D eigenvalue weighted by molar-refractivity contribution is 0.280. The number of thiocarbonyl (C=S) groups is 1. The predicted molar refractivity (Wildman–Crippen MR) is 106 cm³/mol. The molecule has 0 amide bonds. The summed E-state index contributed by atoms with van der Waals surface area (Å²) in [4.78, 5) is 0. The molecule has 2 aromatic carbocycles. The number of aryl methyl sites for hydroxylation is 3. The first-order chi connectivity index (χ1) is 12.0. The van der Waals surface area contributed by atoms with Crippen molar-refractivity contribution in [3.05, 3.63) is 52.6 Å². The third-order valence-corrected chi connectivity index (χ3v) is 4.11. The van der Waals surface area contributed by atoms with Gasteiger partial charge in [-0.3, -0.25) is 0 Å². The summed E-state index contributed by atoms with van der Waals surface area (Å²) in [6.45, 7) is 11.0. The maximum absolute atomic E-state index is 6.11. The van der Waals surface area contributed by atoms with Gasteiger partial charge in [-0.25, -0.2) is 0 Å². The molecule has 0 atom stereocenters. The van der Waals surface area contributed by atoms with Gasteiger partial charge >= 0.3 is 0 Å². The van der Waals surface area contributed by atoms with Crippen molar-refractivity contribution in [3.8, 4) is 17.2 Å². The fourth-order valence-corrected chi connectivity index (χ4v) is 2.85. The summed E-state index contributed by atoms with van der Waals surface area (Å²) in [5.74, 6) is 2.32. The predicted octanol–water partition coefficient (Wildman–Crippen LogP) is 5.57. The molecule has 2 aromatic rings. The molecule has 0 aliphatic carbocycles. The van der Waals surface area contributed by atoms with Crippen LogP contribution >= 0.6 is 12.2 Å². The van der Waals surface area contributed by atoms with Crippen molar-refractivity contribution in [1.29, 1.82) is 0 Å². The van der Waals surface area contributed by atoms with Crippen LogP contribution in [0.4, 0.5) is 0 Å². The molecule has 4 heteroatoms. The first-order valence-electron chi connectivity index (χ1n) is 8.62. The molecule has 0 heterocycles. The van der Waals surface area contributed by atoms with Crippen LogP contribution in [0.1, 0.15) is 43.0 Å². The van der Waals surface area contributed by atoms with E-state index in [1.54, 1.807) is 6.92 Å². The van der Waals surface area contributed by atoms with E-state index in [4.69, 9.17) is 26.4 Å². The van der Waals surface area contributed by atoms with Crippen LogP contribution < -0.4 is 14.2 Å². The zero-order valence-electron chi connectivity index (χ0n) is 15.6. The Kier molecular flexibility index (Phi) is 6.82. The first kappa shape index (κ1) is 19.3. The third-order valence-electron chi connectivity index (χ3n) is 4.03. The normalized spacial score (nSPS) is 10.4. The van der Waals surface area contributed by atoms with E-state index in [1.807, 2.05) is 25.1 Å². The van der Waals surface area contributed by atoms with Gasteiger partial charge in [-0.1, -0.05) is 19.1 Å². The molecule has 0 N–H and O–H groups in total. The fourth-order valence-electron chi connectivity index (χ4n) is 2.76. The molecule has 25 heavy (non-hydrogen) atoms. The van der Waals surface area contributed by atoms with E-state index >= 15 is 0 Å². The molecule has 3 nitrogen and oxygen atoms in total. The van der Waals surface area contributed by atoms with E-state index < -0.39 is 0 Å². The van der Waals surface area contributed by atoms with Crippen LogP contribution in [0.5, 0.6) is 17.2 Å². The Morgan fingerprint density at radius 3 is 2.32 bits per heavy atom. The second kappa shape index (κ2) is 8.86. The summed E-state index contributed by atoms with van der Waals surface area (Å²) in [6.07, 6.45) is 1.02. The molecule has 0 bridgehead atoms. The molecule has 0 aliphatic heterocycles. The Balaban J connectivity index is 2.30. The van der Waals surface area contributed by atoms with Gasteiger partial charge in [-0.15, -0.1) is 0 Å². The molecule has 0 spiro atoms. The van der Waals surface area contributed by atoms with Crippen LogP contribution in [0.15, 0.2) is 30.3 Å². The number of ether oxygens (including phenoxy) is 3. The minimum atomic E-state index is 0.361. The highest BCUT2D eigenvalue weighted by atomic mass is 32.1. The van der Waals surface area contributed by atoms with Crippen molar-refractivity contribution in [2.75, 3.05) is 6.61 Å². The second-order valence-electron chi connectivity index (χ2n) is 5.95. The fraction of sp³-hybridized carbons (Fsp3) is 0.381. The zero-order chi connectivity index (χ0) is 18.4. The summed E-state index contributed by atoms with van der Waals surface area (Å²) in [5, 5.41) is 0.467. The van der Waals surface area contributed by atoms with Gasteiger partial charge in [-0.05, 0) is 74.3 Å². The van der Waals surface area contributed by atoms with E-state index in [-0.39, 0.29) is 0 Å². The van der Waals surface area contributed by atoms with Gasteiger partial charge < -0.3 is 14.2 Å². The third kappa shape index (κ3) is 4.95. The van der Waals surface area contributed by atoms with Gasteiger partial charge in [0.05, 0.1) is 12.2 Å². The zero-order valence-corrected chi connectivity index (χ0v) is 16.5. The van der Waals surface area contributed by atoms with Gasteiger partial charge in [-0.2, -0.15) is 0 Å². The van der Waals surface area contributed by atoms with Gasteiger partial charge in [0.25, 0.3) is 0 Å². The standard InChI is InChI=1S/C21H26O3S/c1-6-17-11-15(4)21(12-14(17)3)23-13-18-19(22-7-2)9-8-10-20(18)24-16(5)25/h8-12H,6-7,13H2,1-5H3. The van der Waals surface area contributed by atoms with Gasteiger partial charge in [0.15, 0.2) is 5.05 Å². The largest absolute Gasteiger partial charge is 0.493 e. The topological polar surface area (TPSA) is 27.7 Å². The Hall–Kier alpha value is -2.07. The minimum absolute atomic E-state index is 0.361. The molecular formula is C21H26O3S. The number of hydrogen-bond acceptors (Lipinski definition) is 4. The smallest absolute Gasteiger partial charge is 0.164 e. The quantitative estimate of drug-likeness (QED) is 0.605. The molecule has 0 aliphatic rings.